The van der Waals surface area contributed by atoms with Crippen LogP contribution in [0, 0.1) is 12.7 Å². The number of aryl methyl sites for hydroxylation is 1. The molecule has 0 amide bonds. The smallest absolute Gasteiger partial charge is 0.164 e. The second-order valence-corrected chi connectivity index (χ2v) is 4.91. The van der Waals surface area contributed by atoms with Crippen molar-refractivity contribution in [2.45, 2.75) is 31.7 Å². The molecule has 0 radical (unpaired) electrons. The van der Waals surface area contributed by atoms with E-state index in [2.05, 4.69) is 10.2 Å². The van der Waals surface area contributed by atoms with Crippen LogP contribution in [0.2, 0.25) is 0 Å². The Morgan fingerprint density at radius 2 is 2.17 bits per heavy atom. The number of benzene rings is 1. The van der Waals surface area contributed by atoms with Gasteiger partial charge in [-0.2, -0.15) is 0 Å². The fraction of sp³-hybridized carbons (Fsp3) is 0.385. The summed E-state index contributed by atoms with van der Waals surface area (Å²) in [5, 5.41) is 8.23. The van der Waals surface area contributed by atoms with Crippen LogP contribution in [-0.4, -0.2) is 14.8 Å². The molecule has 2 aromatic rings. The summed E-state index contributed by atoms with van der Waals surface area (Å²) in [5.41, 5.74) is 1.39. The largest absolute Gasteiger partial charge is 0.307 e. The summed E-state index contributed by atoms with van der Waals surface area (Å²) in [4.78, 5) is 0. The lowest BCUT2D eigenvalue weighted by atomic mass is 10.1. The highest BCUT2D eigenvalue weighted by atomic mass is 35.5. The average Bonchev–Trinajstić information content (AvgIpc) is 3.12. The second kappa shape index (κ2) is 4.35. The third kappa shape index (κ3) is 1.90. The van der Waals surface area contributed by atoms with Crippen LogP contribution < -0.4 is 0 Å². The van der Waals surface area contributed by atoms with Crippen LogP contribution in [-0.2, 0) is 5.88 Å². The van der Waals surface area contributed by atoms with Crippen LogP contribution in [0.5, 0.6) is 0 Å². The Hall–Kier alpha value is -1.42. The van der Waals surface area contributed by atoms with Crippen molar-refractivity contribution in [1.29, 1.82) is 0 Å². The van der Waals surface area contributed by atoms with E-state index in [1.165, 1.54) is 6.07 Å². The molecule has 0 bridgehead atoms. The molecule has 0 saturated heterocycles. The van der Waals surface area contributed by atoms with Crippen molar-refractivity contribution in [2.24, 2.45) is 0 Å². The molecule has 1 saturated carbocycles. The fourth-order valence-electron chi connectivity index (χ4n) is 2.06. The topological polar surface area (TPSA) is 30.7 Å². The van der Waals surface area contributed by atoms with Crippen molar-refractivity contribution in [1.82, 2.24) is 14.8 Å². The predicted molar refractivity (Wildman–Crippen MR) is 68.0 cm³/mol. The zero-order valence-corrected chi connectivity index (χ0v) is 10.8. The van der Waals surface area contributed by atoms with Crippen molar-refractivity contribution in [3.8, 4) is 11.4 Å². The molecule has 0 N–H and O–H groups in total. The summed E-state index contributed by atoms with van der Waals surface area (Å²) < 4.78 is 15.7. The van der Waals surface area contributed by atoms with E-state index in [4.69, 9.17) is 11.6 Å². The van der Waals surface area contributed by atoms with E-state index in [1.54, 1.807) is 13.0 Å². The molecule has 0 spiro atoms. The van der Waals surface area contributed by atoms with E-state index >= 15 is 0 Å². The van der Waals surface area contributed by atoms with Gasteiger partial charge in [0.15, 0.2) is 5.82 Å². The summed E-state index contributed by atoms with van der Waals surface area (Å²) in [6.07, 6.45) is 2.23. The number of hydrogen-bond donors (Lipinski definition) is 0. The van der Waals surface area contributed by atoms with E-state index in [-0.39, 0.29) is 5.82 Å². The molecule has 1 aromatic heterocycles. The molecule has 1 heterocycles. The fourth-order valence-corrected chi connectivity index (χ4v) is 2.24. The molecule has 1 aliphatic carbocycles. The van der Waals surface area contributed by atoms with Gasteiger partial charge < -0.3 is 4.57 Å². The third-order valence-electron chi connectivity index (χ3n) is 3.23. The summed E-state index contributed by atoms with van der Waals surface area (Å²) in [5.74, 6) is 1.59. The van der Waals surface area contributed by atoms with E-state index in [9.17, 15) is 4.39 Å². The summed E-state index contributed by atoms with van der Waals surface area (Å²) >= 11 is 5.86. The van der Waals surface area contributed by atoms with Gasteiger partial charge in [-0.1, -0.05) is 12.1 Å². The van der Waals surface area contributed by atoms with Crippen LogP contribution in [0.4, 0.5) is 4.39 Å². The number of hydrogen-bond acceptors (Lipinski definition) is 2. The van der Waals surface area contributed by atoms with Crippen LogP contribution in [0.15, 0.2) is 18.2 Å². The molecule has 3 nitrogen and oxygen atoms in total. The van der Waals surface area contributed by atoms with Crippen molar-refractivity contribution in [2.75, 3.05) is 0 Å². The maximum absolute atomic E-state index is 13.6. The lowest BCUT2D eigenvalue weighted by Crippen LogP contribution is -2.02. The predicted octanol–water partition coefficient (Wildman–Crippen LogP) is 3.47. The minimum absolute atomic E-state index is 0.217. The van der Waals surface area contributed by atoms with E-state index in [0.29, 0.717) is 23.3 Å². The minimum atomic E-state index is -0.217. The lowest BCUT2D eigenvalue weighted by molar-refractivity contribution is 0.618. The maximum atomic E-state index is 13.6. The van der Waals surface area contributed by atoms with Gasteiger partial charge in [-0.3, -0.25) is 0 Å². The van der Waals surface area contributed by atoms with Gasteiger partial charge in [0.2, 0.25) is 0 Å². The highest BCUT2D eigenvalue weighted by Crippen LogP contribution is 2.39. The third-order valence-corrected chi connectivity index (χ3v) is 3.47. The minimum Gasteiger partial charge on any atom is -0.307 e. The van der Waals surface area contributed by atoms with Crippen LogP contribution in [0.25, 0.3) is 11.4 Å². The van der Waals surface area contributed by atoms with Gasteiger partial charge in [-0.05, 0) is 31.4 Å². The zero-order chi connectivity index (χ0) is 12.7. The Kier molecular flexibility index (Phi) is 2.82. The number of rotatable bonds is 3. The number of aromatic nitrogens is 3. The normalized spacial score (nSPS) is 15.1. The molecule has 0 aliphatic heterocycles. The Bertz CT molecular complexity index is 590. The maximum Gasteiger partial charge on any atom is 0.164 e. The molecule has 1 fully saturated rings. The molecule has 94 valence electrons. The summed E-state index contributed by atoms with van der Waals surface area (Å²) in [7, 11) is 0. The molecule has 0 unspecified atom stereocenters. The average molecular weight is 266 g/mol. The van der Waals surface area contributed by atoms with E-state index in [1.807, 2.05) is 10.6 Å². The molecule has 18 heavy (non-hydrogen) atoms. The number of halogens is 2. The monoisotopic (exact) mass is 265 g/mol. The molecule has 1 aromatic carbocycles. The SMILES string of the molecule is Cc1ccc(-c2nnc(CCl)n2C2CC2)cc1F. The number of alkyl halides is 1. The molecular weight excluding hydrogens is 253 g/mol. The Morgan fingerprint density at radius 3 is 2.78 bits per heavy atom. The molecule has 5 heteroatoms. The Morgan fingerprint density at radius 1 is 1.39 bits per heavy atom. The Balaban J connectivity index is 2.10. The van der Waals surface area contributed by atoms with Crippen molar-refractivity contribution >= 4 is 11.6 Å². The van der Waals surface area contributed by atoms with Crippen LogP contribution in [0.3, 0.4) is 0 Å². The lowest BCUT2D eigenvalue weighted by Gasteiger charge is -2.08. The molecular formula is C13H13ClFN3. The molecule has 1 aliphatic rings. The van der Waals surface area contributed by atoms with Gasteiger partial charge in [-0.25, -0.2) is 4.39 Å². The number of nitrogens with zero attached hydrogens (tertiary/aromatic N) is 3. The first-order chi connectivity index (χ1) is 8.70. The van der Waals surface area contributed by atoms with E-state index < -0.39 is 0 Å². The zero-order valence-electron chi connectivity index (χ0n) is 10.0. The van der Waals surface area contributed by atoms with Crippen LogP contribution in [0.1, 0.15) is 30.3 Å². The Labute approximate surface area is 110 Å². The first-order valence-electron chi connectivity index (χ1n) is 5.97. The van der Waals surface area contributed by atoms with Gasteiger partial charge in [0, 0.05) is 11.6 Å². The highest BCUT2D eigenvalue weighted by molar-refractivity contribution is 6.16. The van der Waals surface area contributed by atoms with Crippen molar-refractivity contribution < 1.29 is 4.39 Å². The van der Waals surface area contributed by atoms with Gasteiger partial charge in [0.05, 0.1) is 5.88 Å². The first-order valence-corrected chi connectivity index (χ1v) is 6.50. The first kappa shape index (κ1) is 11.7. The summed E-state index contributed by atoms with van der Waals surface area (Å²) in [6, 6.07) is 5.57. The standard InChI is InChI=1S/C13H13ClFN3/c1-8-2-3-9(6-11(8)15)13-17-16-12(7-14)18(13)10-4-5-10/h2-3,6,10H,4-5,7H2,1H3. The summed E-state index contributed by atoms with van der Waals surface area (Å²) in [6.45, 7) is 1.74. The molecule has 0 atom stereocenters. The second-order valence-electron chi connectivity index (χ2n) is 4.64. The molecule has 3 rings (SSSR count). The van der Waals surface area contributed by atoms with Crippen LogP contribution >= 0.6 is 11.6 Å². The van der Waals surface area contributed by atoms with Crippen molar-refractivity contribution in [3.05, 3.63) is 35.4 Å². The van der Waals surface area contributed by atoms with Crippen molar-refractivity contribution in [3.63, 3.8) is 0 Å². The van der Waals surface area contributed by atoms with Gasteiger partial charge in [0.25, 0.3) is 0 Å². The quantitative estimate of drug-likeness (QED) is 0.796. The van der Waals surface area contributed by atoms with E-state index in [0.717, 1.165) is 24.2 Å². The van der Waals surface area contributed by atoms with Gasteiger partial charge in [0.1, 0.15) is 11.6 Å². The highest BCUT2D eigenvalue weighted by Gasteiger charge is 2.29. The van der Waals surface area contributed by atoms with Gasteiger partial charge in [-0.15, -0.1) is 21.8 Å². The van der Waals surface area contributed by atoms with Gasteiger partial charge >= 0.3 is 0 Å².